The first-order valence-electron chi connectivity index (χ1n) is 4.03. The Morgan fingerprint density at radius 3 is 2.71 bits per heavy atom. The first-order chi connectivity index (χ1) is 6.63. The Kier molecular flexibility index (Phi) is 3.17. The van der Waals surface area contributed by atoms with E-state index in [2.05, 4.69) is 10.9 Å². The van der Waals surface area contributed by atoms with Crippen molar-refractivity contribution >= 4 is 11.8 Å². The monoisotopic (exact) mass is 196 g/mol. The number of carboxylic acid groups (broad SMARTS) is 1. The van der Waals surface area contributed by atoms with Crippen LogP contribution >= 0.6 is 0 Å². The molecule has 3 N–H and O–H groups in total. The van der Waals surface area contributed by atoms with Crippen LogP contribution in [0.1, 0.15) is 5.56 Å². The van der Waals surface area contributed by atoms with Crippen LogP contribution in [0.25, 0.3) is 0 Å². The molecule has 0 atom stereocenters. The lowest BCUT2D eigenvalue weighted by Crippen LogP contribution is -2.27. The molecule has 0 saturated carbocycles. The molecular weight excluding hydrogens is 184 g/mol. The van der Waals surface area contributed by atoms with E-state index >= 15 is 0 Å². The minimum atomic E-state index is -1.13. The molecular formula is C9H12N2O3. The van der Waals surface area contributed by atoms with Gasteiger partial charge < -0.3 is 9.84 Å². The van der Waals surface area contributed by atoms with Gasteiger partial charge in [0.25, 0.3) is 0 Å². The maximum Gasteiger partial charge on any atom is 0.423 e. The number of anilines is 1. The number of amides is 1. The average molecular weight is 196 g/mol. The number of aryl methyl sites for hydroxylation is 1. The molecule has 0 fully saturated rings. The first kappa shape index (κ1) is 10.2. The van der Waals surface area contributed by atoms with Crippen LogP contribution in [0.4, 0.5) is 10.5 Å². The molecule has 0 aromatic heterocycles. The molecule has 0 saturated heterocycles. The summed E-state index contributed by atoms with van der Waals surface area (Å²) in [4.78, 5) is 10.2. The number of benzene rings is 1. The molecule has 0 unspecified atom stereocenters. The van der Waals surface area contributed by atoms with E-state index in [4.69, 9.17) is 9.84 Å². The fourth-order valence-corrected chi connectivity index (χ4v) is 1.08. The normalized spacial score (nSPS) is 9.29. The zero-order chi connectivity index (χ0) is 10.6. The number of ether oxygens (including phenoxy) is 1. The van der Waals surface area contributed by atoms with Gasteiger partial charge in [0, 0.05) is 0 Å². The van der Waals surface area contributed by atoms with E-state index in [1.54, 1.807) is 25.3 Å². The fourth-order valence-electron chi connectivity index (χ4n) is 1.08. The second-order valence-electron chi connectivity index (χ2n) is 2.74. The lowest BCUT2D eigenvalue weighted by Gasteiger charge is -2.08. The van der Waals surface area contributed by atoms with Crippen LogP contribution in [-0.2, 0) is 0 Å². The van der Waals surface area contributed by atoms with E-state index in [0.717, 1.165) is 11.3 Å². The van der Waals surface area contributed by atoms with Crippen LogP contribution in [0, 0.1) is 6.92 Å². The van der Waals surface area contributed by atoms with Gasteiger partial charge in [-0.3, -0.25) is 5.43 Å². The van der Waals surface area contributed by atoms with Gasteiger partial charge in [0.2, 0.25) is 0 Å². The predicted molar refractivity (Wildman–Crippen MR) is 52.5 cm³/mol. The van der Waals surface area contributed by atoms with Gasteiger partial charge in [-0.2, -0.15) is 0 Å². The molecule has 1 aromatic rings. The Morgan fingerprint density at radius 2 is 2.21 bits per heavy atom. The zero-order valence-electron chi connectivity index (χ0n) is 8.00. The Bertz CT molecular complexity index is 339. The highest BCUT2D eigenvalue weighted by molar-refractivity contribution is 5.67. The van der Waals surface area contributed by atoms with Gasteiger partial charge in [-0.1, -0.05) is 0 Å². The van der Waals surface area contributed by atoms with Crippen molar-refractivity contribution in [3.63, 3.8) is 0 Å². The van der Waals surface area contributed by atoms with Gasteiger partial charge in [0.15, 0.2) is 0 Å². The van der Waals surface area contributed by atoms with E-state index in [0.29, 0.717) is 5.69 Å². The molecule has 5 heteroatoms. The molecule has 1 amide bonds. The fraction of sp³-hybridized carbons (Fsp3) is 0.222. The van der Waals surface area contributed by atoms with Gasteiger partial charge in [-0.25, -0.2) is 10.2 Å². The van der Waals surface area contributed by atoms with Crippen molar-refractivity contribution in [1.82, 2.24) is 5.43 Å². The zero-order valence-corrected chi connectivity index (χ0v) is 8.00. The Morgan fingerprint density at radius 1 is 1.50 bits per heavy atom. The summed E-state index contributed by atoms with van der Waals surface area (Å²) in [7, 11) is 1.59. The minimum Gasteiger partial charge on any atom is -0.496 e. The average Bonchev–Trinajstić information content (AvgIpc) is 2.15. The topological polar surface area (TPSA) is 70.6 Å². The summed E-state index contributed by atoms with van der Waals surface area (Å²) in [5, 5.41) is 8.35. The van der Waals surface area contributed by atoms with Crippen LogP contribution in [0.3, 0.4) is 0 Å². The van der Waals surface area contributed by atoms with E-state index < -0.39 is 6.09 Å². The number of methoxy groups -OCH3 is 1. The lowest BCUT2D eigenvalue weighted by molar-refractivity contribution is 0.197. The van der Waals surface area contributed by atoms with Crippen molar-refractivity contribution in [2.45, 2.75) is 6.92 Å². The second kappa shape index (κ2) is 4.36. The largest absolute Gasteiger partial charge is 0.496 e. The van der Waals surface area contributed by atoms with Crippen molar-refractivity contribution in [2.24, 2.45) is 0 Å². The number of nitrogens with one attached hydrogen (secondary N) is 2. The second-order valence-corrected chi connectivity index (χ2v) is 2.74. The highest BCUT2D eigenvalue weighted by Crippen LogP contribution is 2.20. The van der Waals surface area contributed by atoms with Crippen LogP contribution in [0.2, 0.25) is 0 Å². The molecule has 14 heavy (non-hydrogen) atoms. The first-order valence-corrected chi connectivity index (χ1v) is 4.03. The summed E-state index contributed by atoms with van der Waals surface area (Å²) in [6.45, 7) is 1.88. The molecule has 0 spiro atoms. The van der Waals surface area contributed by atoms with E-state index in [1.165, 1.54) is 0 Å². The smallest absolute Gasteiger partial charge is 0.423 e. The maximum absolute atomic E-state index is 10.2. The summed E-state index contributed by atoms with van der Waals surface area (Å²) >= 11 is 0. The number of carbonyl (C=O) groups is 1. The van der Waals surface area contributed by atoms with Gasteiger partial charge in [-0.05, 0) is 30.7 Å². The third-order valence-corrected chi connectivity index (χ3v) is 1.71. The van der Waals surface area contributed by atoms with Crippen LogP contribution in [-0.4, -0.2) is 18.3 Å². The molecule has 0 aliphatic rings. The summed E-state index contributed by atoms with van der Waals surface area (Å²) in [5.41, 5.74) is 6.19. The van der Waals surface area contributed by atoms with Gasteiger partial charge in [0.1, 0.15) is 5.75 Å². The highest BCUT2D eigenvalue weighted by Gasteiger charge is 1.99. The third-order valence-electron chi connectivity index (χ3n) is 1.71. The summed E-state index contributed by atoms with van der Waals surface area (Å²) in [6.07, 6.45) is -1.13. The lowest BCUT2D eigenvalue weighted by atomic mass is 10.2. The van der Waals surface area contributed by atoms with Crippen molar-refractivity contribution in [1.29, 1.82) is 0 Å². The number of hydrogen-bond acceptors (Lipinski definition) is 3. The van der Waals surface area contributed by atoms with Crippen molar-refractivity contribution in [3.05, 3.63) is 23.8 Å². The molecule has 0 bridgehead atoms. The molecule has 1 aromatic carbocycles. The van der Waals surface area contributed by atoms with Gasteiger partial charge in [-0.15, -0.1) is 0 Å². The Hall–Kier alpha value is -1.91. The van der Waals surface area contributed by atoms with Crippen molar-refractivity contribution in [2.75, 3.05) is 12.5 Å². The molecule has 0 heterocycles. The van der Waals surface area contributed by atoms with Crippen molar-refractivity contribution in [3.8, 4) is 5.75 Å². The number of hydrazine groups is 1. The van der Waals surface area contributed by atoms with Gasteiger partial charge in [0.05, 0.1) is 12.8 Å². The SMILES string of the molecule is COc1ccc(NNC(=O)O)cc1C. The quantitative estimate of drug-likeness (QED) is 0.642. The standard InChI is InChI=1S/C9H12N2O3/c1-6-5-7(10-11-9(12)13)3-4-8(6)14-2/h3-5,10-11H,1-2H3,(H,12,13). The minimum absolute atomic E-state index is 0.672. The van der Waals surface area contributed by atoms with Crippen LogP contribution < -0.4 is 15.6 Å². The Labute approximate surface area is 81.7 Å². The number of rotatable bonds is 3. The maximum atomic E-state index is 10.2. The summed E-state index contributed by atoms with van der Waals surface area (Å²) in [5.74, 6) is 0.769. The van der Waals surface area contributed by atoms with Crippen LogP contribution in [0.5, 0.6) is 5.75 Å². The van der Waals surface area contributed by atoms with Gasteiger partial charge >= 0.3 is 6.09 Å². The van der Waals surface area contributed by atoms with E-state index in [9.17, 15) is 4.79 Å². The number of hydrogen-bond donors (Lipinski definition) is 3. The predicted octanol–water partition coefficient (Wildman–Crippen LogP) is 1.60. The Balaban J connectivity index is 2.71. The molecule has 5 nitrogen and oxygen atoms in total. The highest BCUT2D eigenvalue weighted by atomic mass is 16.5. The molecule has 76 valence electrons. The van der Waals surface area contributed by atoms with E-state index in [-0.39, 0.29) is 0 Å². The van der Waals surface area contributed by atoms with E-state index in [1.807, 2.05) is 6.92 Å². The summed E-state index contributed by atoms with van der Waals surface area (Å²) < 4.78 is 5.06. The van der Waals surface area contributed by atoms with Crippen molar-refractivity contribution < 1.29 is 14.6 Å². The third kappa shape index (κ3) is 2.55. The molecule has 0 radical (unpaired) electrons. The summed E-state index contributed by atoms with van der Waals surface area (Å²) in [6, 6.07) is 5.28. The molecule has 0 aliphatic heterocycles. The van der Waals surface area contributed by atoms with Crippen LogP contribution in [0.15, 0.2) is 18.2 Å². The molecule has 1 rings (SSSR count). The molecule has 0 aliphatic carbocycles.